The van der Waals surface area contributed by atoms with Crippen LogP contribution in [-0.4, -0.2) is 0 Å². The van der Waals surface area contributed by atoms with Crippen molar-refractivity contribution in [2.75, 3.05) is 0 Å². The van der Waals surface area contributed by atoms with Gasteiger partial charge in [-0.1, -0.05) is 85.8 Å². The molecule has 1 unspecified atom stereocenters. The Balaban J connectivity index is 0.00000102. The zero-order valence-corrected chi connectivity index (χ0v) is 22.9. The topological polar surface area (TPSA) is 0 Å². The fourth-order valence-corrected chi connectivity index (χ4v) is 5.69. The van der Waals surface area contributed by atoms with Crippen molar-refractivity contribution >= 4 is 11.6 Å². The molecule has 33 heavy (non-hydrogen) atoms. The van der Waals surface area contributed by atoms with E-state index in [0.717, 1.165) is 19.3 Å². The standard InChI is InChI=1S/C30H26.2ClH.Zr/c1-20-13-14-21(27-18-22-8-4-6-11-25(22)29(20)27)15-17-30(2)16-7-12-26-24-10-5-3-9-23(24)19-28(26)30;;;/h3-14,16,19H,15,17-18H2,1-2H3;2*1H;/q;;;+2/p-2. The van der Waals surface area contributed by atoms with Crippen LogP contribution in [0.3, 0.4) is 0 Å². The minimum atomic E-state index is 0. The van der Waals surface area contributed by atoms with Gasteiger partial charge >= 0.3 is 26.2 Å². The number of halogens is 2. The molecule has 1 atom stereocenters. The van der Waals surface area contributed by atoms with Crippen LogP contribution in [0, 0.1) is 12.3 Å². The predicted molar refractivity (Wildman–Crippen MR) is 127 cm³/mol. The summed E-state index contributed by atoms with van der Waals surface area (Å²) in [6, 6.07) is 22.4. The monoisotopic (exact) mass is 546 g/mol. The Morgan fingerprint density at radius 3 is 2.42 bits per heavy atom. The Labute approximate surface area is 228 Å². The molecule has 3 aliphatic rings. The largest absolute Gasteiger partial charge is 2.00 e. The molecule has 0 saturated carbocycles. The summed E-state index contributed by atoms with van der Waals surface area (Å²) >= 11 is 0. The van der Waals surface area contributed by atoms with Crippen LogP contribution in [0.1, 0.15) is 46.7 Å². The maximum absolute atomic E-state index is 2.42. The van der Waals surface area contributed by atoms with Crippen LogP contribution in [0.4, 0.5) is 0 Å². The average molecular weight is 549 g/mol. The Morgan fingerprint density at radius 1 is 0.879 bits per heavy atom. The Morgan fingerprint density at radius 2 is 1.61 bits per heavy atom. The summed E-state index contributed by atoms with van der Waals surface area (Å²) < 4.78 is 0. The molecule has 164 valence electrons. The predicted octanol–water partition coefficient (Wildman–Crippen LogP) is 1.56. The van der Waals surface area contributed by atoms with Gasteiger partial charge in [-0.05, 0) is 87.9 Å². The molecule has 0 aromatic heterocycles. The molecular formula is C30H26Cl2Zr. The molecule has 6 rings (SSSR count). The fourth-order valence-electron chi connectivity index (χ4n) is 5.69. The van der Waals surface area contributed by atoms with E-state index in [-0.39, 0.29) is 56.4 Å². The third kappa shape index (κ3) is 4.18. The van der Waals surface area contributed by atoms with Crippen molar-refractivity contribution in [1.29, 1.82) is 0 Å². The summed E-state index contributed by atoms with van der Waals surface area (Å²) in [7, 11) is 0. The Bertz CT molecular complexity index is 1300. The van der Waals surface area contributed by atoms with Gasteiger partial charge in [-0.3, -0.25) is 0 Å². The van der Waals surface area contributed by atoms with Gasteiger partial charge in [0, 0.05) is 5.41 Å². The van der Waals surface area contributed by atoms with Gasteiger partial charge in [0.05, 0.1) is 0 Å². The number of benzene rings is 3. The van der Waals surface area contributed by atoms with Crippen molar-refractivity contribution in [2.45, 2.75) is 33.1 Å². The fraction of sp³-hybridized carbons (Fsp3) is 0.200. The first-order chi connectivity index (χ1) is 14.6. The van der Waals surface area contributed by atoms with Gasteiger partial charge in [-0.25, -0.2) is 0 Å². The number of hydrogen-bond acceptors (Lipinski definition) is 0. The number of hydrogen-bond donors (Lipinski definition) is 0. The van der Waals surface area contributed by atoms with E-state index < -0.39 is 0 Å². The van der Waals surface area contributed by atoms with Gasteiger partial charge in [-0.2, -0.15) is 0 Å². The smallest absolute Gasteiger partial charge is 1.00 e. The second-order valence-electron chi connectivity index (χ2n) is 9.23. The van der Waals surface area contributed by atoms with Gasteiger partial charge in [-0.15, -0.1) is 0 Å². The molecule has 0 spiro atoms. The summed E-state index contributed by atoms with van der Waals surface area (Å²) in [4.78, 5) is 0. The first kappa shape index (κ1) is 26.0. The van der Waals surface area contributed by atoms with E-state index in [4.69, 9.17) is 0 Å². The van der Waals surface area contributed by atoms with E-state index in [1.807, 2.05) is 0 Å². The zero-order chi connectivity index (χ0) is 20.3. The Hall–Kier alpha value is -1.66. The summed E-state index contributed by atoms with van der Waals surface area (Å²) in [6.07, 6.45) is 12.7. The molecule has 3 heteroatoms. The van der Waals surface area contributed by atoms with E-state index in [9.17, 15) is 0 Å². The first-order valence-corrected chi connectivity index (χ1v) is 11.1. The minimum absolute atomic E-state index is 0. The molecule has 0 nitrogen and oxygen atoms in total. The summed E-state index contributed by atoms with van der Waals surface area (Å²) in [6.45, 7) is 4.67. The van der Waals surface area contributed by atoms with Gasteiger partial charge in [0.1, 0.15) is 0 Å². The van der Waals surface area contributed by atoms with Crippen molar-refractivity contribution in [2.24, 2.45) is 5.41 Å². The van der Waals surface area contributed by atoms with Crippen LogP contribution in [0.5, 0.6) is 0 Å². The number of aryl methyl sites for hydroxylation is 2. The minimum Gasteiger partial charge on any atom is -1.00 e. The van der Waals surface area contributed by atoms with Crippen molar-refractivity contribution in [1.82, 2.24) is 0 Å². The molecule has 0 saturated heterocycles. The molecule has 0 amide bonds. The first-order valence-electron chi connectivity index (χ1n) is 11.1. The van der Waals surface area contributed by atoms with E-state index in [1.54, 1.807) is 5.56 Å². The molecular weight excluding hydrogens is 522 g/mol. The van der Waals surface area contributed by atoms with E-state index in [0.29, 0.717) is 0 Å². The SMILES string of the molecule is Cc1ccc(CCC2(C)C=CC=C3C2=Cc2ccccc23)c2c1-c1ccccc1C2.[Cl-].[Cl-].[Zr+2]. The molecule has 0 N–H and O–H groups in total. The molecule has 3 aromatic rings. The molecule has 0 bridgehead atoms. The van der Waals surface area contributed by atoms with E-state index in [1.165, 1.54) is 50.1 Å². The molecule has 0 fully saturated rings. The number of rotatable bonds is 3. The van der Waals surface area contributed by atoms with Gasteiger partial charge < -0.3 is 24.8 Å². The number of allylic oxidation sites excluding steroid dienone is 5. The molecule has 0 heterocycles. The van der Waals surface area contributed by atoms with Crippen LogP contribution in [0.15, 0.2) is 84.5 Å². The van der Waals surface area contributed by atoms with Crippen LogP contribution < -0.4 is 24.8 Å². The summed E-state index contributed by atoms with van der Waals surface area (Å²) in [5.74, 6) is 0. The number of fused-ring (bicyclic) bond motifs is 6. The molecule has 3 aromatic carbocycles. The van der Waals surface area contributed by atoms with Gasteiger partial charge in [0.2, 0.25) is 0 Å². The van der Waals surface area contributed by atoms with Crippen LogP contribution in [0.2, 0.25) is 0 Å². The maximum atomic E-state index is 2.42. The average Bonchev–Trinajstić information content (AvgIpc) is 3.34. The van der Waals surface area contributed by atoms with Crippen LogP contribution in [-0.2, 0) is 39.0 Å². The quantitative estimate of drug-likeness (QED) is 0.365. The van der Waals surface area contributed by atoms with Crippen LogP contribution in [0.25, 0.3) is 22.8 Å². The third-order valence-corrected chi connectivity index (χ3v) is 7.37. The van der Waals surface area contributed by atoms with Crippen molar-refractivity contribution < 1.29 is 51.0 Å². The van der Waals surface area contributed by atoms with E-state index >= 15 is 0 Å². The van der Waals surface area contributed by atoms with Gasteiger partial charge in [0.15, 0.2) is 0 Å². The van der Waals surface area contributed by atoms with Crippen molar-refractivity contribution in [3.63, 3.8) is 0 Å². The van der Waals surface area contributed by atoms with Crippen molar-refractivity contribution in [3.05, 3.63) is 118 Å². The second kappa shape index (κ2) is 9.91. The Kier molecular flexibility index (Phi) is 7.80. The van der Waals surface area contributed by atoms with Gasteiger partial charge in [0.25, 0.3) is 0 Å². The molecule has 3 aliphatic carbocycles. The zero-order valence-electron chi connectivity index (χ0n) is 19.0. The molecule has 0 radical (unpaired) electrons. The van der Waals surface area contributed by atoms with E-state index in [2.05, 4.69) is 98.8 Å². The second-order valence-corrected chi connectivity index (χ2v) is 9.23. The summed E-state index contributed by atoms with van der Waals surface area (Å²) in [5, 5.41) is 0. The summed E-state index contributed by atoms with van der Waals surface area (Å²) in [5.41, 5.74) is 14.6. The van der Waals surface area contributed by atoms with Crippen LogP contribution >= 0.6 is 0 Å². The van der Waals surface area contributed by atoms with Crippen molar-refractivity contribution in [3.8, 4) is 11.1 Å². The third-order valence-electron chi connectivity index (χ3n) is 7.37. The maximum Gasteiger partial charge on any atom is 2.00 e. The molecule has 0 aliphatic heterocycles. The normalized spacial score (nSPS) is 18.4.